The molecule has 0 radical (unpaired) electrons. The maximum Gasteiger partial charge on any atom is 0.273 e. The molecule has 37 heavy (non-hydrogen) atoms. The van der Waals surface area contributed by atoms with Crippen LogP contribution in [-0.4, -0.2) is 41.6 Å². The smallest absolute Gasteiger partial charge is 0.273 e. The van der Waals surface area contributed by atoms with Crippen LogP contribution in [0.5, 0.6) is 10.9 Å². The molecular formula is C27H30ClF2N3O3S. The third-order valence-electron chi connectivity index (χ3n) is 6.50. The third-order valence-corrected chi connectivity index (χ3v) is 7.78. The molecule has 1 aliphatic carbocycles. The van der Waals surface area contributed by atoms with E-state index in [-0.39, 0.29) is 43.4 Å². The van der Waals surface area contributed by atoms with Crippen LogP contribution in [-0.2, 0) is 17.8 Å². The average Bonchev–Trinajstić information content (AvgIpc) is 3.63. The van der Waals surface area contributed by atoms with Crippen molar-refractivity contribution in [2.45, 2.75) is 45.7 Å². The lowest BCUT2D eigenvalue weighted by atomic mass is 10.00. The molecule has 6 nitrogen and oxygen atoms in total. The van der Waals surface area contributed by atoms with Gasteiger partial charge in [0.15, 0.2) is 11.6 Å². The van der Waals surface area contributed by atoms with Gasteiger partial charge in [0.1, 0.15) is 24.1 Å². The summed E-state index contributed by atoms with van der Waals surface area (Å²) in [5.74, 6) is -2.17. The van der Waals surface area contributed by atoms with Gasteiger partial charge in [-0.15, -0.1) is 0 Å². The van der Waals surface area contributed by atoms with Crippen molar-refractivity contribution in [3.8, 4) is 10.9 Å². The predicted octanol–water partition coefficient (Wildman–Crippen LogP) is 5.46. The number of ether oxygens (including phenoxy) is 2. The van der Waals surface area contributed by atoms with Crippen LogP contribution in [0, 0.1) is 31.4 Å². The minimum atomic E-state index is -0.762. The van der Waals surface area contributed by atoms with E-state index in [1.807, 2.05) is 11.0 Å². The molecule has 1 aromatic heterocycles. The van der Waals surface area contributed by atoms with Gasteiger partial charge in [-0.05, 0) is 61.9 Å². The van der Waals surface area contributed by atoms with Gasteiger partial charge in [0, 0.05) is 30.2 Å². The van der Waals surface area contributed by atoms with Gasteiger partial charge in [-0.2, -0.15) is 0 Å². The van der Waals surface area contributed by atoms with Crippen molar-refractivity contribution in [1.82, 2.24) is 9.88 Å². The van der Waals surface area contributed by atoms with Crippen molar-refractivity contribution < 1.29 is 23.0 Å². The Morgan fingerprint density at radius 3 is 2.65 bits per heavy atom. The lowest BCUT2D eigenvalue weighted by molar-refractivity contribution is -0.136. The number of benzene rings is 2. The van der Waals surface area contributed by atoms with Crippen molar-refractivity contribution in [3.05, 3.63) is 74.8 Å². The Morgan fingerprint density at radius 2 is 1.92 bits per heavy atom. The first-order valence-electron chi connectivity index (χ1n) is 12.2. The van der Waals surface area contributed by atoms with E-state index in [2.05, 4.69) is 31.0 Å². The Balaban J connectivity index is 1.32. The second kappa shape index (κ2) is 12.2. The quantitative estimate of drug-likeness (QED) is 0.240. The zero-order chi connectivity index (χ0) is 26.5. The standard InChI is InChI=1S/C27H30ClF2N3O3S/c1-16-4-3-5-18(17(16)2)15-33(20-6-7-20)26(34)19(13-31)12-21-14-32-27(37-21)36-11-10-35-25-23(30)9-8-22(29)24(25)28/h3-5,8-9,14,19-20H,6-7,10-13,15,31H2,1-2H3/t19-/m1/s1. The number of thiazole rings is 1. The summed E-state index contributed by atoms with van der Waals surface area (Å²) in [7, 11) is 0. The molecule has 4 rings (SSSR count). The largest absolute Gasteiger partial charge is 0.485 e. The molecule has 3 aromatic rings. The number of rotatable bonds is 12. The Bertz CT molecular complexity index is 1250. The highest BCUT2D eigenvalue weighted by Gasteiger charge is 2.36. The van der Waals surface area contributed by atoms with Gasteiger partial charge in [0.05, 0.1) is 5.92 Å². The first kappa shape index (κ1) is 27.3. The van der Waals surface area contributed by atoms with Crippen molar-refractivity contribution in [1.29, 1.82) is 0 Å². The van der Waals surface area contributed by atoms with Crippen LogP contribution in [0.1, 0.15) is 34.4 Å². The SMILES string of the molecule is Cc1cccc(CN(C(=O)[C@@H](CN)Cc2cnc(OCCOc3c(F)ccc(F)c3Cl)s2)C2CC2)c1C. The molecule has 198 valence electrons. The number of carbonyl (C=O) groups excluding carboxylic acids is 1. The van der Waals surface area contributed by atoms with E-state index in [0.717, 1.165) is 35.4 Å². The van der Waals surface area contributed by atoms with Crippen LogP contribution in [0.3, 0.4) is 0 Å². The molecular weight excluding hydrogens is 520 g/mol. The number of nitrogens with zero attached hydrogens (tertiary/aromatic N) is 2. The fourth-order valence-electron chi connectivity index (χ4n) is 4.05. The Kier molecular flexibility index (Phi) is 9.00. The first-order valence-corrected chi connectivity index (χ1v) is 13.4. The van der Waals surface area contributed by atoms with Gasteiger partial charge in [0.25, 0.3) is 5.19 Å². The summed E-state index contributed by atoms with van der Waals surface area (Å²) in [6.45, 7) is 5.00. The Hall–Kier alpha value is -2.75. The zero-order valence-electron chi connectivity index (χ0n) is 20.8. The maximum absolute atomic E-state index is 13.8. The molecule has 0 aliphatic heterocycles. The molecule has 0 saturated heterocycles. The minimum absolute atomic E-state index is 0.0480. The third kappa shape index (κ3) is 6.77. The fraction of sp³-hybridized carbons (Fsp3) is 0.407. The van der Waals surface area contributed by atoms with E-state index in [1.54, 1.807) is 6.20 Å². The van der Waals surface area contributed by atoms with Gasteiger partial charge in [0.2, 0.25) is 5.91 Å². The first-order chi connectivity index (χ1) is 17.8. The molecule has 0 bridgehead atoms. The highest BCUT2D eigenvalue weighted by Crippen LogP contribution is 2.32. The molecule has 2 aromatic carbocycles. The van der Waals surface area contributed by atoms with Gasteiger partial charge in [-0.3, -0.25) is 4.79 Å². The summed E-state index contributed by atoms with van der Waals surface area (Å²) >= 11 is 7.08. The van der Waals surface area contributed by atoms with E-state index in [4.69, 9.17) is 26.8 Å². The maximum atomic E-state index is 13.8. The molecule has 0 unspecified atom stereocenters. The number of carbonyl (C=O) groups is 1. The van der Waals surface area contributed by atoms with Crippen molar-refractivity contribution in [2.75, 3.05) is 19.8 Å². The summed E-state index contributed by atoms with van der Waals surface area (Å²) in [6, 6.07) is 8.33. The summed E-state index contributed by atoms with van der Waals surface area (Å²) in [6.07, 6.45) is 4.16. The predicted molar refractivity (Wildman–Crippen MR) is 140 cm³/mol. The summed E-state index contributed by atoms with van der Waals surface area (Å²) in [5, 5.41) is -0.0195. The molecule has 1 atom stereocenters. The molecule has 1 heterocycles. The van der Waals surface area contributed by atoms with Crippen LogP contribution in [0.15, 0.2) is 36.5 Å². The van der Waals surface area contributed by atoms with Crippen molar-refractivity contribution in [3.63, 3.8) is 0 Å². The van der Waals surface area contributed by atoms with E-state index in [1.165, 1.54) is 22.5 Å². The molecule has 1 amide bonds. The van der Waals surface area contributed by atoms with Crippen molar-refractivity contribution in [2.24, 2.45) is 11.7 Å². The Morgan fingerprint density at radius 1 is 1.19 bits per heavy atom. The number of amides is 1. The van der Waals surface area contributed by atoms with Gasteiger partial charge in [-0.1, -0.05) is 41.1 Å². The van der Waals surface area contributed by atoms with Gasteiger partial charge < -0.3 is 20.1 Å². The zero-order valence-corrected chi connectivity index (χ0v) is 22.4. The fourth-order valence-corrected chi connectivity index (χ4v) is 5.12. The number of aryl methyl sites for hydroxylation is 1. The van der Waals surface area contributed by atoms with E-state index in [9.17, 15) is 13.6 Å². The highest BCUT2D eigenvalue weighted by atomic mass is 35.5. The molecule has 0 spiro atoms. The second-order valence-corrected chi connectivity index (χ2v) is 10.6. The van der Waals surface area contributed by atoms with Crippen LogP contribution in [0.4, 0.5) is 8.78 Å². The number of hydrogen-bond donors (Lipinski definition) is 1. The van der Waals surface area contributed by atoms with Gasteiger partial charge >= 0.3 is 0 Å². The summed E-state index contributed by atoms with van der Waals surface area (Å²) < 4.78 is 38.2. The molecule has 1 fully saturated rings. The van der Waals surface area contributed by atoms with Gasteiger partial charge in [-0.25, -0.2) is 13.8 Å². The molecule has 1 saturated carbocycles. The lowest BCUT2D eigenvalue weighted by Crippen LogP contribution is -2.41. The topological polar surface area (TPSA) is 77.7 Å². The van der Waals surface area contributed by atoms with E-state index in [0.29, 0.717) is 18.2 Å². The van der Waals surface area contributed by atoms with Crippen LogP contribution < -0.4 is 15.2 Å². The van der Waals surface area contributed by atoms with Crippen LogP contribution in [0.2, 0.25) is 5.02 Å². The van der Waals surface area contributed by atoms with E-state index >= 15 is 0 Å². The number of nitrogens with two attached hydrogens (primary N) is 1. The minimum Gasteiger partial charge on any atom is -0.485 e. The Labute approximate surface area is 224 Å². The lowest BCUT2D eigenvalue weighted by Gasteiger charge is -2.27. The van der Waals surface area contributed by atoms with Crippen LogP contribution in [0.25, 0.3) is 0 Å². The number of hydrogen-bond acceptors (Lipinski definition) is 6. The van der Waals surface area contributed by atoms with Crippen LogP contribution >= 0.6 is 22.9 Å². The number of aromatic nitrogens is 1. The number of halogens is 3. The summed E-state index contributed by atoms with van der Waals surface area (Å²) in [4.78, 5) is 20.6. The summed E-state index contributed by atoms with van der Waals surface area (Å²) in [5.41, 5.74) is 9.62. The monoisotopic (exact) mass is 549 g/mol. The normalized spacial score (nSPS) is 13.9. The molecule has 10 heteroatoms. The van der Waals surface area contributed by atoms with E-state index < -0.39 is 16.7 Å². The average molecular weight is 550 g/mol. The highest BCUT2D eigenvalue weighted by molar-refractivity contribution is 7.13. The molecule has 2 N–H and O–H groups in total. The van der Waals surface area contributed by atoms with Crippen molar-refractivity contribution >= 4 is 28.8 Å². The molecule has 1 aliphatic rings. The second-order valence-electron chi connectivity index (χ2n) is 9.15.